The molecule has 10 nitrogen and oxygen atoms in total. The monoisotopic (exact) mass is 599 g/mol. The van der Waals surface area contributed by atoms with Gasteiger partial charge in [-0.15, -0.1) is 0 Å². The zero-order chi connectivity index (χ0) is 30.4. The van der Waals surface area contributed by atoms with Crippen LogP contribution in [0.3, 0.4) is 0 Å². The summed E-state index contributed by atoms with van der Waals surface area (Å²) in [5.74, 6) is -5.63. The molecule has 0 saturated carbocycles. The SMILES string of the molecule is COc1cc(OC)c2c(c1Cl)O[C@@]1(C(=O)C3=C(C[C@H]1C)Nc1c(c(=O)n(C)c(=O)n1C)[C@H]3c1ccc(F)c(F)c1)C2=O. The molecular formula is C29H24ClF2N3O7. The third-order valence-corrected chi connectivity index (χ3v) is 8.71. The number of aromatic nitrogens is 2. The molecule has 218 valence electrons. The average molecular weight is 600 g/mol. The summed E-state index contributed by atoms with van der Waals surface area (Å²) in [5, 5.41) is 3.02. The lowest BCUT2D eigenvalue weighted by atomic mass is 9.66. The first-order valence-corrected chi connectivity index (χ1v) is 13.2. The lowest BCUT2D eigenvalue weighted by Crippen LogP contribution is -2.58. The first-order valence-electron chi connectivity index (χ1n) is 12.9. The van der Waals surface area contributed by atoms with E-state index < -0.39 is 51.9 Å². The van der Waals surface area contributed by atoms with E-state index >= 15 is 0 Å². The lowest BCUT2D eigenvalue weighted by Gasteiger charge is -2.42. The molecule has 0 bridgehead atoms. The Morgan fingerprint density at radius 3 is 2.33 bits per heavy atom. The van der Waals surface area contributed by atoms with E-state index in [1.54, 1.807) is 6.92 Å². The number of carbonyl (C=O) groups excluding carboxylic acids is 2. The molecule has 3 aromatic rings. The van der Waals surface area contributed by atoms with Gasteiger partial charge in [0.05, 0.1) is 19.8 Å². The van der Waals surface area contributed by atoms with E-state index in [-0.39, 0.29) is 56.8 Å². The van der Waals surface area contributed by atoms with Crippen LogP contribution in [0.5, 0.6) is 17.2 Å². The number of ether oxygens (including phenoxy) is 3. The van der Waals surface area contributed by atoms with Crippen molar-refractivity contribution in [1.29, 1.82) is 0 Å². The van der Waals surface area contributed by atoms with Crippen molar-refractivity contribution in [1.82, 2.24) is 9.13 Å². The van der Waals surface area contributed by atoms with Crippen LogP contribution in [-0.2, 0) is 18.9 Å². The van der Waals surface area contributed by atoms with Gasteiger partial charge in [0.2, 0.25) is 17.2 Å². The van der Waals surface area contributed by atoms with Crippen molar-refractivity contribution in [2.75, 3.05) is 19.5 Å². The van der Waals surface area contributed by atoms with Gasteiger partial charge in [-0.3, -0.25) is 23.5 Å². The second kappa shape index (κ2) is 9.28. The number of fused-ring (bicyclic) bond motifs is 2. The number of carbonyl (C=O) groups is 2. The highest BCUT2D eigenvalue weighted by Gasteiger charge is 2.63. The van der Waals surface area contributed by atoms with Gasteiger partial charge in [-0.25, -0.2) is 13.6 Å². The molecule has 6 rings (SSSR count). The molecule has 2 aliphatic heterocycles. The smallest absolute Gasteiger partial charge is 0.332 e. The van der Waals surface area contributed by atoms with Crippen molar-refractivity contribution in [3.8, 4) is 17.2 Å². The average Bonchev–Trinajstić information content (AvgIpc) is 3.29. The summed E-state index contributed by atoms with van der Waals surface area (Å²) in [7, 11) is 5.43. The van der Waals surface area contributed by atoms with Crippen LogP contribution in [0, 0.1) is 17.6 Å². The van der Waals surface area contributed by atoms with Crippen molar-refractivity contribution < 1.29 is 32.6 Å². The van der Waals surface area contributed by atoms with E-state index in [0.29, 0.717) is 5.70 Å². The summed E-state index contributed by atoms with van der Waals surface area (Å²) < 4.78 is 47.6. The molecule has 1 aliphatic carbocycles. The number of nitrogens with one attached hydrogen (secondary N) is 1. The van der Waals surface area contributed by atoms with Gasteiger partial charge in [-0.2, -0.15) is 0 Å². The van der Waals surface area contributed by atoms with E-state index in [1.807, 2.05) is 0 Å². The number of allylic oxidation sites excluding steroid dienone is 1. The molecule has 0 saturated heterocycles. The van der Waals surface area contributed by atoms with Crippen LogP contribution in [0.1, 0.15) is 40.7 Å². The van der Waals surface area contributed by atoms with Gasteiger partial charge >= 0.3 is 5.69 Å². The Morgan fingerprint density at radius 2 is 1.69 bits per heavy atom. The molecule has 3 atom stereocenters. The molecule has 0 unspecified atom stereocenters. The highest BCUT2D eigenvalue weighted by Crippen LogP contribution is 2.56. The summed E-state index contributed by atoms with van der Waals surface area (Å²) in [6.07, 6.45) is 0.0564. The predicted octanol–water partition coefficient (Wildman–Crippen LogP) is 3.47. The quantitative estimate of drug-likeness (QED) is 0.455. The molecule has 0 amide bonds. The molecule has 1 spiro atoms. The van der Waals surface area contributed by atoms with Gasteiger partial charge in [-0.1, -0.05) is 24.6 Å². The van der Waals surface area contributed by atoms with Crippen LogP contribution >= 0.6 is 11.6 Å². The zero-order valence-electron chi connectivity index (χ0n) is 23.1. The largest absolute Gasteiger partial charge is 0.496 e. The zero-order valence-corrected chi connectivity index (χ0v) is 23.8. The van der Waals surface area contributed by atoms with Crippen LogP contribution in [0.25, 0.3) is 0 Å². The molecule has 0 radical (unpaired) electrons. The Labute approximate surface area is 242 Å². The Balaban J connectivity index is 1.63. The minimum absolute atomic E-state index is 0.0357. The van der Waals surface area contributed by atoms with Crippen molar-refractivity contribution >= 4 is 29.0 Å². The fourth-order valence-corrected chi connectivity index (χ4v) is 6.48. The van der Waals surface area contributed by atoms with Gasteiger partial charge in [0.1, 0.15) is 27.9 Å². The number of methoxy groups -OCH3 is 2. The standard InChI is InChI=1S/C29H24ClF2N3O7/c1-11-8-15-19(24(36)29(11)25(37)20-16(40-4)10-17(41-5)22(30)23(20)42-29)18(12-6-7-13(31)14(32)9-12)21-26(33-15)34(2)28(39)35(3)27(21)38/h6-7,9-11,18,33H,8H2,1-5H3/t11-,18+,29+/m1/s1. The maximum atomic E-state index is 14.7. The van der Waals surface area contributed by atoms with Crippen LogP contribution in [0.4, 0.5) is 14.6 Å². The van der Waals surface area contributed by atoms with Gasteiger partial charge in [0, 0.05) is 43.3 Å². The lowest BCUT2D eigenvalue weighted by molar-refractivity contribution is -0.130. The highest BCUT2D eigenvalue weighted by atomic mass is 35.5. The molecule has 3 aliphatic rings. The first kappa shape index (κ1) is 27.7. The summed E-state index contributed by atoms with van der Waals surface area (Å²) in [6, 6.07) is 4.44. The van der Waals surface area contributed by atoms with Crippen molar-refractivity contribution in [3.63, 3.8) is 0 Å². The Bertz CT molecular complexity index is 1910. The predicted molar refractivity (Wildman–Crippen MR) is 147 cm³/mol. The van der Waals surface area contributed by atoms with Gasteiger partial charge in [0.25, 0.3) is 5.56 Å². The third-order valence-electron chi connectivity index (χ3n) is 8.35. The summed E-state index contributed by atoms with van der Waals surface area (Å²) in [6.45, 7) is 1.65. The maximum Gasteiger partial charge on any atom is 0.332 e. The van der Waals surface area contributed by atoms with Crippen molar-refractivity contribution in [2.45, 2.75) is 24.9 Å². The van der Waals surface area contributed by atoms with Crippen molar-refractivity contribution in [2.24, 2.45) is 20.0 Å². The Kier molecular flexibility index (Phi) is 6.12. The highest BCUT2D eigenvalue weighted by molar-refractivity contribution is 6.36. The summed E-state index contributed by atoms with van der Waals surface area (Å²) >= 11 is 6.53. The number of hydrogen-bond donors (Lipinski definition) is 1. The molecule has 1 aromatic heterocycles. The van der Waals surface area contributed by atoms with E-state index in [0.717, 1.165) is 16.7 Å². The molecule has 42 heavy (non-hydrogen) atoms. The minimum Gasteiger partial charge on any atom is -0.496 e. The number of anilines is 1. The first-order chi connectivity index (χ1) is 19.9. The fraction of sp³-hybridized carbons (Fsp3) is 0.310. The van der Waals surface area contributed by atoms with E-state index in [9.17, 15) is 28.0 Å². The van der Waals surface area contributed by atoms with Crippen LogP contribution in [0.2, 0.25) is 5.02 Å². The number of benzene rings is 2. The number of rotatable bonds is 3. The minimum atomic E-state index is -2.12. The third kappa shape index (κ3) is 3.41. The van der Waals surface area contributed by atoms with E-state index in [4.69, 9.17) is 25.8 Å². The molecule has 2 aromatic carbocycles. The van der Waals surface area contributed by atoms with E-state index in [2.05, 4.69) is 5.32 Å². The number of ketones is 2. The number of hydrogen-bond acceptors (Lipinski definition) is 8. The normalized spacial score (nSPS) is 22.4. The molecule has 1 N–H and O–H groups in total. The number of halogens is 3. The van der Waals surface area contributed by atoms with Crippen LogP contribution in [0.15, 0.2) is 45.1 Å². The number of nitrogens with zero attached hydrogens (tertiary/aromatic N) is 2. The van der Waals surface area contributed by atoms with Gasteiger partial charge in [0.15, 0.2) is 17.4 Å². The second-order valence-electron chi connectivity index (χ2n) is 10.5. The topological polar surface area (TPSA) is 118 Å². The Hall–Kier alpha value is -4.45. The summed E-state index contributed by atoms with van der Waals surface area (Å²) in [4.78, 5) is 55.3. The fourth-order valence-electron chi connectivity index (χ4n) is 6.21. The van der Waals surface area contributed by atoms with Crippen LogP contribution in [-0.4, -0.2) is 40.5 Å². The van der Waals surface area contributed by atoms with Crippen LogP contribution < -0.4 is 30.8 Å². The molecular weight excluding hydrogens is 576 g/mol. The van der Waals surface area contributed by atoms with Crippen molar-refractivity contribution in [3.05, 3.63) is 89.7 Å². The molecule has 0 fully saturated rings. The summed E-state index contributed by atoms with van der Waals surface area (Å²) in [5.41, 5.74) is -3.27. The van der Waals surface area contributed by atoms with Gasteiger partial charge in [-0.05, 0) is 24.1 Å². The number of Topliss-reactive ketones (excluding diaryl/α,β-unsaturated/α-hetero) is 2. The second-order valence-corrected chi connectivity index (χ2v) is 10.9. The molecule has 13 heteroatoms. The Morgan fingerprint density at radius 1 is 1.00 bits per heavy atom. The molecule has 3 heterocycles. The van der Waals surface area contributed by atoms with Gasteiger partial charge < -0.3 is 19.5 Å². The van der Waals surface area contributed by atoms with E-state index in [1.165, 1.54) is 45.0 Å². The maximum absolute atomic E-state index is 14.7.